The Morgan fingerprint density at radius 3 is 2.77 bits per heavy atom. The van der Waals surface area contributed by atoms with E-state index < -0.39 is 6.43 Å². The molecule has 0 radical (unpaired) electrons. The highest BCUT2D eigenvalue weighted by atomic mass is 19.3. The number of aryl methyl sites for hydroxylation is 1. The van der Waals surface area contributed by atoms with E-state index in [1.165, 1.54) is 17.0 Å². The molecule has 0 saturated heterocycles. The van der Waals surface area contributed by atoms with Gasteiger partial charge in [0.2, 0.25) is 0 Å². The number of hydrogen-bond acceptors (Lipinski definition) is 4. The highest BCUT2D eigenvalue weighted by molar-refractivity contribution is 5.93. The standard InChI is InChI=1S/C17H18F2N6O/c1-23(8-10-7-20-24(2)9-10)17(26)13-6-15-21-12(11-3-4-11)5-14(16(18)19)25(15)22-13/h5-7,9,11,16H,3-4,8H2,1-2H3. The summed E-state index contributed by atoms with van der Waals surface area (Å²) in [5.74, 6) is -0.118. The minimum Gasteiger partial charge on any atom is -0.336 e. The van der Waals surface area contributed by atoms with Gasteiger partial charge in [-0.05, 0) is 18.9 Å². The first-order chi connectivity index (χ1) is 12.4. The van der Waals surface area contributed by atoms with E-state index in [0.717, 1.165) is 22.9 Å². The number of amides is 1. The first kappa shape index (κ1) is 16.6. The molecule has 3 aromatic rings. The van der Waals surface area contributed by atoms with Crippen LogP contribution in [0.4, 0.5) is 8.78 Å². The van der Waals surface area contributed by atoms with Gasteiger partial charge in [0.1, 0.15) is 5.69 Å². The lowest BCUT2D eigenvalue weighted by molar-refractivity contribution is 0.0778. The Hall–Kier alpha value is -2.84. The van der Waals surface area contributed by atoms with Crippen LogP contribution in [0.15, 0.2) is 24.5 Å². The normalized spacial score (nSPS) is 14.3. The molecule has 3 aromatic heterocycles. The van der Waals surface area contributed by atoms with Gasteiger partial charge in [-0.1, -0.05) is 0 Å². The smallest absolute Gasteiger partial charge is 0.280 e. The molecule has 0 spiro atoms. The van der Waals surface area contributed by atoms with Gasteiger partial charge in [-0.3, -0.25) is 9.48 Å². The van der Waals surface area contributed by atoms with E-state index in [1.54, 1.807) is 25.0 Å². The van der Waals surface area contributed by atoms with Gasteiger partial charge >= 0.3 is 0 Å². The van der Waals surface area contributed by atoms with Crippen molar-refractivity contribution >= 4 is 11.6 Å². The van der Waals surface area contributed by atoms with E-state index in [4.69, 9.17) is 0 Å². The average Bonchev–Trinajstić information content (AvgIpc) is 3.24. The van der Waals surface area contributed by atoms with Gasteiger partial charge in [0.25, 0.3) is 12.3 Å². The lowest BCUT2D eigenvalue weighted by Gasteiger charge is -2.14. The van der Waals surface area contributed by atoms with Gasteiger partial charge in [-0.25, -0.2) is 18.3 Å². The summed E-state index contributed by atoms with van der Waals surface area (Å²) in [6.07, 6.45) is 2.71. The van der Waals surface area contributed by atoms with E-state index in [2.05, 4.69) is 15.2 Å². The summed E-state index contributed by atoms with van der Waals surface area (Å²) >= 11 is 0. The molecular weight excluding hydrogens is 342 g/mol. The average molecular weight is 360 g/mol. The number of carbonyl (C=O) groups excluding carboxylic acids is 1. The zero-order valence-corrected chi connectivity index (χ0v) is 14.4. The topological polar surface area (TPSA) is 68.3 Å². The Morgan fingerprint density at radius 2 is 2.15 bits per heavy atom. The summed E-state index contributed by atoms with van der Waals surface area (Å²) in [4.78, 5) is 18.5. The molecule has 0 aromatic carbocycles. The number of carbonyl (C=O) groups is 1. The van der Waals surface area contributed by atoms with Crippen LogP contribution < -0.4 is 0 Å². The second kappa shape index (κ2) is 6.15. The lowest BCUT2D eigenvalue weighted by Crippen LogP contribution is -2.26. The van der Waals surface area contributed by atoms with E-state index in [9.17, 15) is 13.6 Å². The Kier molecular flexibility index (Phi) is 3.93. The first-order valence-corrected chi connectivity index (χ1v) is 8.34. The van der Waals surface area contributed by atoms with Crippen LogP contribution >= 0.6 is 0 Å². The highest BCUT2D eigenvalue weighted by Crippen LogP contribution is 2.40. The molecule has 0 N–H and O–H groups in total. The van der Waals surface area contributed by atoms with Gasteiger partial charge in [0.05, 0.1) is 6.20 Å². The van der Waals surface area contributed by atoms with Crippen LogP contribution in [0.5, 0.6) is 0 Å². The number of aromatic nitrogens is 5. The molecule has 1 aliphatic carbocycles. The minimum absolute atomic E-state index is 0.0961. The van der Waals surface area contributed by atoms with Crippen LogP contribution in [0.25, 0.3) is 5.65 Å². The van der Waals surface area contributed by atoms with E-state index in [0.29, 0.717) is 12.2 Å². The Balaban J connectivity index is 1.65. The molecule has 9 heteroatoms. The third kappa shape index (κ3) is 3.04. The predicted octanol–water partition coefficient (Wildman–Crippen LogP) is 2.55. The van der Waals surface area contributed by atoms with Gasteiger partial charge in [0, 0.05) is 50.1 Å². The van der Waals surface area contributed by atoms with Crippen LogP contribution in [0, 0.1) is 0 Å². The molecule has 136 valence electrons. The minimum atomic E-state index is -2.69. The molecular formula is C17H18F2N6O. The second-order valence-corrected chi connectivity index (χ2v) is 6.66. The predicted molar refractivity (Wildman–Crippen MR) is 88.9 cm³/mol. The van der Waals surface area contributed by atoms with Crippen molar-refractivity contribution in [2.75, 3.05) is 7.05 Å². The molecule has 0 atom stereocenters. The van der Waals surface area contributed by atoms with Gasteiger partial charge < -0.3 is 4.90 Å². The maximum atomic E-state index is 13.4. The SMILES string of the molecule is CN(Cc1cnn(C)c1)C(=O)c1cc2nc(C3CC3)cc(C(F)F)n2n1. The third-order valence-corrected chi connectivity index (χ3v) is 4.44. The van der Waals surface area contributed by atoms with Crippen molar-refractivity contribution in [3.05, 3.63) is 47.2 Å². The number of nitrogens with zero attached hydrogens (tertiary/aromatic N) is 6. The molecule has 0 bridgehead atoms. The van der Waals surface area contributed by atoms with Crippen molar-refractivity contribution < 1.29 is 13.6 Å². The summed E-state index contributed by atoms with van der Waals surface area (Å²) in [5, 5.41) is 8.15. The fraction of sp³-hybridized carbons (Fsp3) is 0.412. The Bertz CT molecular complexity index is 975. The van der Waals surface area contributed by atoms with E-state index in [1.807, 2.05) is 6.20 Å². The second-order valence-electron chi connectivity index (χ2n) is 6.66. The number of halogens is 2. The molecule has 4 rings (SSSR count). The molecule has 1 aliphatic rings. The molecule has 0 aliphatic heterocycles. The van der Waals surface area contributed by atoms with Crippen molar-refractivity contribution in [2.24, 2.45) is 7.05 Å². The number of hydrogen-bond donors (Lipinski definition) is 0. The van der Waals surface area contributed by atoms with Crippen molar-refractivity contribution in [1.82, 2.24) is 29.3 Å². The molecule has 1 saturated carbocycles. The third-order valence-electron chi connectivity index (χ3n) is 4.44. The van der Waals surface area contributed by atoms with Crippen molar-refractivity contribution in [3.8, 4) is 0 Å². The summed E-state index contributed by atoms with van der Waals surface area (Å²) in [5.41, 5.74) is 1.66. The summed E-state index contributed by atoms with van der Waals surface area (Å²) in [7, 11) is 3.43. The largest absolute Gasteiger partial charge is 0.336 e. The van der Waals surface area contributed by atoms with Crippen LogP contribution in [0.2, 0.25) is 0 Å². The van der Waals surface area contributed by atoms with Gasteiger partial charge in [-0.15, -0.1) is 0 Å². The van der Waals surface area contributed by atoms with Crippen molar-refractivity contribution in [3.63, 3.8) is 0 Å². The van der Waals surface area contributed by atoms with Gasteiger partial charge in [-0.2, -0.15) is 10.2 Å². The fourth-order valence-electron chi connectivity index (χ4n) is 2.96. The van der Waals surface area contributed by atoms with Crippen molar-refractivity contribution in [1.29, 1.82) is 0 Å². The Labute approximate surface area is 148 Å². The summed E-state index contributed by atoms with van der Waals surface area (Å²) in [6.45, 7) is 0.350. The highest BCUT2D eigenvalue weighted by Gasteiger charge is 2.28. The quantitative estimate of drug-likeness (QED) is 0.701. The van der Waals surface area contributed by atoms with Crippen LogP contribution in [-0.2, 0) is 13.6 Å². The molecule has 3 heterocycles. The zero-order valence-electron chi connectivity index (χ0n) is 14.4. The molecule has 26 heavy (non-hydrogen) atoms. The maximum absolute atomic E-state index is 13.4. The van der Waals surface area contributed by atoms with E-state index >= 15 is 0 Å². The molecule has 1 fully saturated rings. The zero-order chi connectivity index (χ0) is 18.4. The fourth-order valence-corrected chi connectivity index (χ4v) is 2.96. The monoisotopic (exact) mass is 360 g/mol. The van der Waals surface area contributed by atoms with E-state index in [-0.39, 0.29) is 28.9 Å². The Morgan fingerprint density at radius 1 is 1.38 bits per heavy atom. The van der Waals surface area contributed by atoms with Crippen LogP contribution in [0.3, 0.4) is 0 Å². The maximum Gasteiger partial charge on any atom is 0.280 e. The summed E-state index contributed by atoms with van der Waals surface area (Å²) in [6, 6.07) is 2.87. The number of fused-ring (bicyclic) bond motifs is 1. The summed E-state index contributed by atoms with van der Waals surface area (Å²) < 4.78 is 29.6. The lowest BCUT2D eigenvalue weighted by atomic mass is 10.2. The molecule has 0 unspecified atom stereocenters. The van der Waals surface area contributed by atoms with Gasteiger partial charge in [0.15, 0.2) is 11.3 Å². The number of rotatable bonds is 5. The van der Waals surface area contributed by atoms with Crippen LogP contribution in [0.1, 0.15) is 52.6 Å². The number of alkyl halides is 2. The van der Waals surface area contributed by atoms with Crippen LogP contribution in [-0.4, -0.2) is 42.2 Å². The first-order valence-electron chi connectivity index (χ1n) is 8.34. The van der Waals surface area contributed by atoms with Crippen molar-refractivity contribution in [2.45, 2.75) is 31.7 Å². The molecule has 7 nitrogen and oxygen atoms in total. The molecule has 1 amide bonds.